The molecule has 0 unspecified atom stereocenters. The lowest BCUT2D eigenvalue weighted by atomic mass is 10.1. The van der Waals surface area contributed by atoms with E-state index in [-0.39, 0.29) is 40.1 Å². The van der Waals surface area contributed by atoms with Crippen molar-refractivity contribution < 1.29 is 19.1 Å². The van der Waals surface area contributed by atoms with Gasteiger partial charge in [0.25, 0.3) is 5.91 Å². The summed E-state index contributed by atoms with van der Waals surface area (Å²) >= 11 is 5.88. The fraction of sp³-hybridized carbons (Fsp3) is 0.0667. The summed E-state index contributed by atoms with van der Waals surface area (Å²) in [7, 11) is 0. The summed E-state index contributed by atoms with van der Waals surface area (Å²) in [5, 5.41) is 10.8. The molecule has 0 radical (unpaired) electrons. The highest BCUT2D eigenvalue weighted by Gasteiger charge is 2.14. The summed E-state index contributed by atoms with van der Waals surface area (Å²) in [6.07, 6.45) is 0. The van der Waals surface area contributed by atoms with E-state index in [1.165, 1.54) is 24.3 Å². The van der Waals surface area contributed by atoms with E-state index in [4.69, 9.17) is 26.5 Å². The van der Waals surface area contributed by atoms with E-state index < -0.39 is 5.91 Å². The van der Waals surface area contributed by atoms with Crippen LogP contribution < -0.4 is 15.9 Å². The van der Waals surface area contributed by atoms with Crippen molar-refractivity contribution >= 4 is 39.4 Å². The van der Waals surface area contributed by atoms with Gasteiger partial charge in [-0.1, -0.05) is 11.6 Å². The van der Waals surface area contributed by atoms with Crippen molar-refractivity contribution in [1.82, 2.24) is 0 Å². The summed E-state index contributed by atoms with van der Waals surface area (Å²) in [5.41, 5.74) is 5.02. The van der Waals surface area contributed by atoms with Gasteiger partial charge < -0.3 is 20.0 Å². The van der Waals surface area contributed by atoms with Crippen LogP contribution in [0.4, 0.5) is 0 Å². The van der Waals surface area contributed by atoms with Gasteiger partial charge in [0, 0.05) is 23.2 Å². The fourth-order valence-corrected chi connectivity index (χ4v) is 2.31. The zero-order valence-corrected chi connectivity index (χ0v) is 11.9. The number of carbonyl (C=O) groups excluding carboxylic acids is 1. The largest absolute Gasteiger partial charge is 0.507 e. The fourth-order valence-electron chi connectivity index (χ4n) is 2.14. The monoisotopic (exact) mass is 319 g/mol. The molecule has 3 rings (SSSR count). The molecule has 6 nitrogen and oxygen atoms in total. The summed E-state index contributed by atoms with van der Waals surface area (Å²) in [4.78, 5) is 23.2. The summed E-state index contributed by atoms with van der Waals surface area (Å²) < 4.78 is 10.7. The smallest absolute Gasteiger partial charge is 0.255 e. The number of hydrogen-bond donors (Lipinski definition) is 2. The van der Waals surface area contributed by atoms with Crippen LogP contribution in [-0.4, -0.2) is 17.6 Å². The van der Waals surface area contributed by atoms with Crippen LogP contribution in [0.1, 0.15) is 0 Å². The Bertz CT molecular complexity index is 963. The first-order chi connectivity index (χ1) is 10.5. The van der Waals surface area contributed by atoms with E-state index in [0.29, 0.717) is 10.4 Å². The van der Waals surface area contributed by atoms with Gasteiger partial charge in [0.1, 0.15) is 28.1 Å². The molecule has 112 valence electrons. The highest BCUT2D eigenvalue weighted by molar-refractivity contribution is 6.31. The maximum Gasteiger partial charge on any atom is 0.255 e. The molecule has 2 aromatic carbocycles. The SMILES string of the molecule is NC(=O)COc1cc(O)c2c(=O)c3ccc(Cl)cc3oc2c1. The summed E-state index contributed by atoms with van der Waals surface area (Å²) in [6.45, 7) is -0.353. The molecule has 0 aliphatic rings. The van der Waals surface area contributed by atoms with Gasteiger partial charge in [-0.25, -0.2) is 0 Å². The first-order valence-corrected chi connectivity index (χ1v) is 6.63. The highest BCUT2D eigenvalue weighted by Crippen LogP contribution is 2.31. The minimum Gasteiger partial charge on any atom is -0.507 e. The second-order valence-electron chi connectivity index (χ2n) is 4.64. The Balaban J connectivity index is 2.26. The second kappa shape index (κ2) is 5.23. The average Bonchev–Trinajstić information content (AvgIpc) is 2.44. The van der Waals surface area contributed by atoms with Crippen LogP contribution in [0.15, 0.2) is 39.5 Å². The molecule has 0 aliphatic heterocycles. The Morgan fingerprint density at radius 1 is 1.27 bits per heavy atom. The number of benzene rings is 2. The number of halogens is 1. The van der Waals surface area contributed by atoms with Crippen LogP contribution in [0.2, 0.25) is 5.02 Å². The van der Waals surface area contributed by atoms with E-state index in [2.05, 4.69) is 0 Å². The maximum atomic E-state index is 12.4. The van der Waals surface area contributed by atoms with Crippen LogP contribution in [0, 0.1) is 0 Å². The number of phenols is 1. The molecule has 0 saturated carbocycles. The van der Waals surface area contributed by atoms with E-state index in [0.717, 1.165) is 0 Å². The number of primary amides is 1. The van der Waals surface area contributed by atoms with Crippen molar-refractivity contribution in [3.8, 4) is 11.5 Å². The van der Waals surface area contributed by atoms with Gasteiger partial charge in [-0.2, -0.15) is 0 Å². The van der Waals surface area contributed by atoms with Gasteiger partial charge in [-0.15, -0.1) is 0 Å². The Kier molecular flexibility index (Phi) is 3.38. The van der Waals surface area contributed by atoms with E-state index in [9.17, 15) is 14.7 Å². The zero-order valence-electron chi connectivity index (χ0n) is 11.1. The molecule has 0 fully saturated rings. The predicted octanol–water partition coefficient (Wildman–Crippen LogP) is 2.17. The lowest BCUT2D eigenvalue weighted by Crippen LogP contribution is -2.20. The standard InChI is InChI=1S/C15H10ClNO5/c16-7-1-2-9-11(3-7)22-12-5-8(21-6-13(17)19)4-10(18)14(12)15(9)20/h1-5,18H,6H2,(H2,17,19). The van der Waals surface area contributed by atoms with Gasteiger partial charge >= 0.3 is 0 Å². The number of amides is 1. The minimum absolute atomic E-state index is 0.0289. The molecule has 0 saturated heterocycles. The number of carbonyl (C=O) groups is 1. The number of fused-ring (bicyclic) bond motifs is 2. The molecule has 1 heterocycles. The van der Waals surface area contributed by atoms with Crippen molar-refractivity contribution in [3.63, 3.8) is 0 Å². The van der Waals surface area contributed by atoms with Crippen molar-refractivity contribution in [2.75, 3.05) is 6.61 Å². The third kappa shape index (κ3) is 2.44. The van der Waals surface area contributed by atoms with Gasteiger partial charge in [0.2, 0.25) is 5.43 Å². The summed E-state index contributed by atoms with van der Waals surface area (Å²) in [5.74, 6) is -0.803. The van der Waals surface area contributed by atoms with Crippen molar-refractivity contribution in [2.24, 2.45) is 5.73 Å². The number of ether oxygens (including phenoxy) is 1. The molecule has 0 aliphatic carbocycles. The molecule has 3 N–H and O–H groups in total. The quantitative estimate of drug-likeness (QED) is 0.720. The Morgan fingerprint density at radius 3 is 2.77 bits per heavy atom. The number of nitrogens with two attached hydrogens (primary N) is 1. The third-order valence-electron chi connectivity index (χ3n) is 3.07. The lowest BCUT2D eigenvalue weighted by molar-refractivity contribution is -0.119. The van der Waals surface area contributed by atoms with E-state index >= 15 is 0 Å². The van der Waals surface area contributed by atoms with E-state index in [1.54, 1.807) is 6.07 Å². The average molecular weight is 320 g/mol. The third-order valence-corrected chi connectivity index (χ3v) is 3.31. The molecule has 0 atom stereocenters. The lowest BCUT2D eigenvalue weighted by Gasteiger charge is -2.07. The first-order valence-electron chi connectivity index (χ1n) is 6.26. The Labute approximate surface area is 128 Å². The van der Waals surface area contributed by atoms with Crippen LogP contribution >= 0.6 is 11.6 Å². The van der Waals surface area contributed by atoms with Gasteiger partial charge in [0.05, 0.1) is 5.39 Å². The topological polar surface area (TPSA) is 103 Å². The maximum absolute atomic E-state index is 12.4. The van der Waals surface area contributed by atoms with Crippen molar-refractivity contribution in [1.29, 1.82) is 0 Å². The number of rotatable bonds is 3. The summed E-state index contributed by atoms with van der Waals surface area (Å²) in [6, 6.07) is 7.23. The van der Waals surface area contributed by atoms with Crippen LogP contribution in [0.25, 0.3) is 21.9 Å². The molecule has 22 heavy (non-hydrogen) atoms. The van der Waals surface area contributed by atoms with Crippen LogP contribution in [0.3, 0.4) is 0 Å². The van der Waals surface area contributed by atoms with Gasteiger partial charge in [-0.05, 0) is 12.1 Å². The minimum atomic E-state index is -0.661. The Morgan fingerprint density at radius 2 is 2.05 bits per heavy atom. The number of aromatic hydroxyl groups is 1. The number of phenolic OH excluding ortho intramolecular Hbond substituents is 1. The second-order valence-corrected chi connectivity index (χ2v) is 5.08. The molecule has 7 heteroatoms. The van der Waals surface area contributed by atoms with E-state index in [1.807, 2.05) is 0 Å². The number of hydrogen-bond acceptors (Lipinski definition) is 5. The zero-order chi connectivity index (χ0) is 15.9. The first kappa shape index (κ1) is 14.2. The predicted molar refractivity (Wildman–Crippen MR) is 81.4 cm³/mol. The molecular weight excluding hydrogens is 310 g/mol. The molecule has 3 aromatic rings. The Hall–Kier alpha value is -2.73. The molecule has 1 amide bonds. The molecule has 0 spiro atoms. The highest BCUT2D eigenvalue weighted by atomic mass is 35.5. The van der Waals surface area contributed by atoms with Crippen LogP contribution in [0.5, 0.6) is 11.5 Å². The molecular formula is C15H10ClNO5. The van der Waals surface area contributed by atoms with Crippen molar-refractivity contribution in [3.05, 3.63) is 45.6 Å². The van der Waals surface area contributed by atoms with Gasteiger partial charge in [-0.3, -0.25) is 9.59 Å². The van der Waals surface area contributed by atoms with Crippen LogP contribution in [-0.2, 0) is 4.79 Å². The molecule has 0 bridgehead atoms. The molecule has 1 aromatic heterocycles. The normalized spacial score (nSPS) is 11.0. The van der Waals surface area contributed by atoms with Gasteiger partial charge in [0.15, 0.2) is 6.61 Å². The van der Waals surface area contributed by atoms with Crippen molar-refractivity contribution in [2.45, 2.75) is 0 Å².